The lowest BCUT2D eigenvalue weighted by Gasteiger charge is -2.23. The molecule has 0 radical (unpaired) electrons. The van der Waals surface area contributed by atoms with Gasteiger partial charge < -0.3 is 10.1 Å². The van der Waals surface area contributed by atoms with Crippen LogP contribution in [0, 0.1) is 0 Å². The van der Waals surface area contributed by atoms with E-state index in [0.717, 1.165) is 10.7 Å². The van der Waals surface area contributed by atoms with Gasteiger partial charge in [-0.05, 0) is 6.92 Å². The van der Waals surface area contributed by atoms with Gasteiger partial charge in [0.05, 0.1) is 13.2 Å². The third-order valence-corrected chi connectivity index (χ3v) is 3.12. The van der Waals surface area contributed by atoms with Crippen LogP contribution in [0.15, 0.2) is 6.07 Å². The maximum atomic E-state index is 12.8. The van der Waals surface area contributed by atoms with Gasteiger partial charge in [0.2, 0.25) is 5.88 Å². The quantitative estimate of drug-likeness (QED) is 0.843. The van der Waals surface area contributed by atoms with E-state index in [4.69, 9.17) is 16.3 Å². The van der Waals surface area contributed by atoms with Crippen molar-refractivity contribution in [3.63, 3.8) is 0 Å². The first-order valence-corrected chi connectivity index (χ1v) is 6.82. The molecule has 1 aliphatic rings. The Balaban J connectivity index is 2.37. The highest BCUT2D eigenvalue weighted by molar-refractivity contribution is 6.18. The Bertz CT molecular complexity index is 520. The molecule has 0 bridgehead atoms. The van der Waals surface area contributed by atoms with Gasteiger partial charge in [-0.15, -0.1) is 11.6 Å². The van der Waals surface area contributed by atoms with Gasteiger partial charge in [-0.1, -0.05) is 0 Å². The van der Waals surface area contributed by atoms with Crippen molar-refractivity contribution < 1.29 is 22.7 Å². The minimum absolute atomic E-state index is 0.0362. The van der Waals surface area contributed by atoms with Crippen molar-refractivity contribution in [1.82, 2.24) is 20.0 Å². The van der Waals surface area contributed by atoms with Crippen LogP contribution in [0.1, 0.15) is 18.8 Å². The van der Waals surface area contributed by atoms with Crippen LogP contribution in [-0.2, 0) is 6.18 Å². The van der Waals surface area contributed by atoms with Gasteiger partial charge >= 0.3 is 12.2 Å². The number of rotatable bonds is 5. The Labute approximate surface area is 123 Å². The van der Waals surface area contributed by atoms with Gasteiger partial charge in [-0.2, -0.15) is 18.3 Å². The second-order valence-corrected chi connectivity index (χ2v) is 4.67. The van der Waals surface area contributed by atoms with Crippen LogP contribution in [0.5, 0.6) is 5.88 Å². The highest BCUT2D eigenvalue weighted by Gasteiger charge is 2.39. The third-order valence-electron chi connectivity index (χ3n) is 2.95. The molecule has 2 rings (SSSR count). The third kappa shape index (κ3) is 3.17. The van der Waals surface area contributed by atoms with Crippen molar-refractivity contribution in [2.24, 2.45) is 0 Å². The van der Waals surface area contributed by atoms with Crippen molar-refractivity contribution in [2.75, 3.05) is 25.6 Å². The van der Waals surface area contributed by atoms with E-state index in [1.54, 1.807) is 6.92 Å². The molecule has 0 aromatic carbocycles. The molecule has 10 heteroatoms. The van der Waals surface area contributed by atoms with E-state index >= 15 is 0 Å². The molecule has 21 heavy (non-hydrogen) atoms. The number of ether oxygens (including phenoxy) is 1. The van der Waals surface area contributed by atoms with Crippen LogP contribution in [-0.4, -0.2) is 46.3 Å². The average molecular weight is 327 g/mol. The van der Waals surface area contributed by atoms with Crippen LogP contribution in [0.3, 0.4) is 0 Å². The molecule has 0 spiro atoms. The Hall–Kier alpha value is -1.64. The van der Waals surface area contributed by atoms with Crippen LogP contribution in [0.25, 0.3) is 0 Å². The van der Waals surface area contributed by atoms with Crippen molar-refractivity contribution in [2.45, 2.75) is 19.3 Å². The maximum absolute atomic E-state index is 12.8. The lowest BCUT2D eigenvalue weighted by molar-refractivity contribution is -0.141. The smallest absolute Gasteiger partial charge is 0.435 e. The maximum Gasteiger partial charge on any atom is 0.435 e. The van der Waals surface area contributed by atoms with Crippen LogP contribution < -0.4 is 10.1 Å². The van der Waals surface area contributed by atoms with Gasteiger partial charge in [-0.25, -0.2) is 9.48 Å². The molecule has 1 fully saturated rings. The predicted octanol–water partition coefficient (Wildman–Crippen LogP) is 2.06. The summed E-state index contributed by atoms with van der Waals surface area (Å²) in [6, 6.07) is 0.428. The Kier molecular flexibility index (Phi) is 4.50. The lowest BCUT2D eigenvalue weighted by Crippen LogP contribution is -2.34. The standard InChI is InChI=1S/C11H14ClF3N4O2/c1-2-21-9-5-7(11(13,14)15)17-19(9)8-6-16-10(20)18(8)4-3-12/h5,8H,2-4,6H2,1H3,(H,16,20). The largest absolute Gasteiger partial charge is 0.478 e. The Morgan fingerprint density at radius 3 is 2.86 bits per heavy atom. The van der Waals surface area contributed by atoms with Gasteiger partial charge in [0.1, 0.15) is 6.17 Å². The Morgan fingerprint density at radius 1 is 1.57 bits per heavy atom. The number of urea groups is 1. The normalized spacial score (nSPS) is 19.0. The minimum atomic E-state index is -4.58. The first kappa shape index (κ1) is 15.7. The summed E-state index contributed by atoms with van der Waals surface area (Å²) in [7, 11) is 0. The molecule has 0 aliphatic carbocycles. The van der Waals surface area contributed by atoms with Gasteiger partial charge in [0.15, 0.2) is 5.69 Å². The molecular weight excluding hydrogens is 313 g/mol. The summed E-state index contributed by atoms with van der Waals surface area (Å²) in [5, 5.41) is 6.09. The number of amides is 2. The van der Waals surface area contributed by atoms with Crippen molar-refractivity contribution in [1.29, 1.82) is 0 Å². The highest BCUT2D eigenvalue weighted by atomic mass is 35.5. The first-order chi connectivity index (χ1) is 9.88. The minimum Gasteiger partial charge on any atom is -0.478 e. The van der Waals surface area contributed by atoms with Crippen LogP contribution in [0.2, 0.25) is 0 Å². The van der Waals surface area contributed by atoms with Crippen molar-refractivity contribution in [3.8, 4) is 5.88 Å². The number of halogens is 4. The molecule has 1 N–H and O–H groups in total. The number of carbonyl (C=O) groups is 1. The zero-order chi connectivity index (χ0) is 15.6. The molecule has 1 saturated heterocycles. The van der Waals surface area contributed by atoms with E-state index in [0.29, 0.717) is 0 Å². The molecule has 1 atom stereocenters. The van der Waals surface area contributed by atoms with Crippen molar-refractivity contribution >= 4 is 17.6 Å². The highest BCUT2D eigenvalue weighted by Crippen LogP contribution is 2.33. The fraction of sp³-hybridized carbons (Fsp3) is 0.636. The molecule has 1 aliphatic heterocycles. The second kappa shape index (κ2) is 6.00. The number of nitrogens with one attached hydrogen (secondary N) is 1. The van der Waals surface area contributed by atoms with Gasteiger partial charge in [0.25, 0.3) is 0 Å². The van der Waals surface area contributed by atoms with Crippen LogP contribution >= 0.6 is 11.6 Å². The number of aromatic nitrogens is 2. The number of alkyl halides is 4. The number of nitrogens with zero attached hydrogens (tertiary/aromatic N) is 3. The summed E-state index contributed by atoms with van der Waals surface area (Å²) in [5.74, 6) is 0.132. The van der Waals surface area contributed by atoms with E-state index < -0.39 is 24.1 Å². The molecule has 2 amide bonds. The molecule has 6 nitrogen and oxygen atoms in total. The zero-order valence-electron chi connectivity index (χ0n) is 11.2. The number of carbonyl (C=O) groups excluding carboxylic acids is 1. The molecule has 118 valence electrons. The van der Waals surface area contributed by atoms with Crippen LogP contribution in [0.4, 0.5) is 18.0 Å². The molecule has 1 aromatic heterocycles. The average Bonchev–Trinajstić information content (AvgIpc) is 2.95. The number of hydrogen-bond acceptors (Lipinski definition) is 3. The van der Waals surface area contributed by atoms with E-state index in [-0.39, 0.29) is 31.5 Å². The predicted molar refractivity (Wildman–Crippen MR) is 68.3 cm³/mol. The summed E-state index contributed by atoms with van der Waals surface area (Å²) in [5.41, 5.74) is -1.06. The Morgan fingerprint density at radius 2 is 2.29 bits per heavy atom. The molecule has 1 aromatic rings. The summed E-state index contributed by atoms with van der Waals surface area (Å²) >= 11 is 5.62. The monoisotopic (exact) mass is 326 g/mol. The van der Waals surface area contributed by atoms with E-state index in [1.165, 1.54) is 4.90 Å². The fourth-order valence-electron chi connectivity index (χ4n) is 2.07. The van der Waals surface area contributed by atoms with Gasteiger partial charge in [-0.3, -0.25) is 4.90 Å². The molecular formula is C11H14ClF3N4O2. The number of hydrogen-bond donors (Lipinski definition) is 1. The fourth-order valence-corrected chi connectivity index (χ4v) is 2.25. The first-order valence-electron chi connectivity index (χ1n) is 6.28. The van der Waals surface area contributed by atoms with Gasteiger partial charge in [0, 0.05) is 18.5 Å². The lowest BCUT2D eigenvalue weighted by atomic mass is 10.4. The van der Waals surface area contributed by atoms with Crippen molar-refractivity contribution in [3.05, 3.63) is 11.8 Å². The summed E-state index contributed by atoms with van der Waals surface area (Å²) in [6.45, 7) is 2.17. The summed E-state index contributed by atoms with van der Waals surface area (Å²) < 4.78 is 44.6. The zero-order valence-corrected chi connectivity index (χ0v) is 11.9. The van der Waals surface area contributed by atoms with E-state index in [1.807, 2.05) is 0 Å². The molecule has 2 heterocycles. The summed E-state index contributed by atoms with van der Waals surface area (Å²) in [6.07, 6.45) is -5.28. The summed E-state index contributed by atoms with van der Waals surface area (Å²) in [4.78, 5) is 13.0. The molecule has 0 saturated carbocycles. The molecule has 1 unspecified atom stereocenters. The second-order valence-electron chi connectivity index (χ2n) is 4.29. The van der Waals surface area contributed by atoms with E-state index in [2.05, 4.69) is 10.4 Å². The van der Waals surface area contributed by atoms with E-state index in [9.17, 15) is 18.0 Å². The SMILES string of the molecule is CCOc1cc(C(F)(F)F)nn1C1CNC(=O)N1CCCl. The topological polar surface area (TPSA) is 59.4 Å².